The van der Waals surface area contributed by atoms with Crippen LogP contribution in [-0.2, 0) is 0 Å². The maximum Gasteiger partial charge on any atom is 0.335 e. The van der Waals surface area contributed by atoms with E-state index in [0.717, 1.165) is 24.6 Å². The lowest BCUT2D eigenvalue weighted by Gasteiger charge is -2.22. The number of amides is 1. The highest BCUT2D eigenvalue weighted by atomic mass is 16.6. The minimum Gasteiger partial charge on any atom is -0.478 e. The van der Waals surface area contributed by atoms with Gasteiger partial charge in [-0.25, -0.2) is 4.79 Å². The van der Waals surface area contributed by atoms with Crippen LogP contribution >= 0.6 is 0 Å². The molecular formula is C14H18N2O6. The van der Waals surface area contributed by atoms with Crippen LogP contribution < -0.4 is 5.32 Å². The van der Waals surface area contributed by atoms with E-state index < -0.39 is 28.1 Å². The molecule has 120 valence electrons. The van der Waals surface area contributed by atoms with Crippen molar-refractivity contribution in [2.24, 2.45) is 0 Å². The van der Waals surface area contributed by atoms with E-state index in [0.29, 0.717) is 6.42 Å². The number of nitrogens with one attached hydrogen (secondary N) is 1. The van der Waals surface area contributed by atoms with Crippen molar-refractivity contribution in [3.8, 4) is 0 Å². The van der Waals surface area contributed by atoms with Crippen molar-refractivity contribution >= 4 is 17.6 Å². The third-order valence-electron chi connectivity index (χ3n) is 3.06. The summed E-state index contributed by atoms with van der Waals surface area (Å²) in [7, 11) is 0. The Kier molecular flexibility index (Phi) is 5.58. The number of nitro groups is 1. The van der Waals surface area contributed by atoms with Crippen molar-refractivity contribution in [2.45, 2.75) is 32.3 Å². The monoisotopic (exact) mass is 310 g/mol. The minimum absolute atomic E-state index is 0.0369. The summed E-state index contributed by atoms with van der Waals surface area (Å²) in [5, 5.41) is 32.2. The van der Waals surface area contributed by atoms with Gasteiger partial charge in [-0.2, -0.15) is 0 Å². The zero-order chi connectivity index (χ0) is 16.9. The molecular weight excluding hydrogens is 292 g/mol. The molecule has 1 aromatic carbocycles. The van der Waals surface area contributed by atoms with Gasteiger partial charge in [0, 0.05) is 24.2 Å². The van der Waals surface area contributed by atoms with Crippen LogP contribution in [0.1, 0.15) is 47.4 Å². The fraction of sp³-hybridized carbons (Fsp3) is 0.429. The molecule has 1 atom stereocenters. The fourth-order valence-electron chi connectivity index (χ4n) is 1.97. The van der Waals surface area contributed by atoms with Crippen LogP contribution in [0.2, 0.25) is 0 Å². The average molecular weight is 310 g/mol. The van der Waals surface area contributed by atoms with Gasteiger partial charge in [0.1, 0.15) is 0 Å². The molecule has 0 radical (unpaired) electrons. The number of aromatic carboxylic acids is 1. The highest BCUT2D eigenvalue weighted by Crippen LogP contribution is 2.18. The smallest absolute Gasteiger partial charge is 0.335 e. The van der Waals surface area contributed by atoms with Crippen molar-refractivity contribution in [1.29, 1.82) is 0 Å². The molecule has 1 rings (SSSR count). The van der Waals surface area contributed by atoms with E-state index in [2.05, 4.69) is 5.32 Å². The largest absolute Gasteiger partial charge is 0.478 e. The van der Waals surface area contributed by atoms with E-state index in [-0.39, 0.29) is 17.7 Å². The van der Waals surface area contributed by atoms with Gasteiger partial charge in [0.25, 0.3) is 11.6 Å². The molecule has 1 amide bonds. The molecule has 0 saturated heterocycles. The van der Waals surface area contributed by atoms with Crippen LogP contribution in [0, 0.1) is 10.1 Å². The standard InChI is InChI=1S/C14H18N2O6/c1-3-4-14(2,20)8-15-12(17)9-5-10(13(18)19)7-11(6-9)16(21)22/h5-7,20H,3-4,8H2,1-2H3,(H,15,17)(H,18,19). The number of carbonyl (C=O) groups excluding carboxylic acids is 1. The topological polar surface area (TPSA) is 130 Å². The molecule has 0 aromatic heterocycles. The SMILES string of the molecule is CCCC(C)(O)CNC(=O)c1cc(C(=O)O)cc([N+](=O)[O-])c1. The van der Waals surface area contributed by atoms with E-state index in [1.807, 2.05) is 6.92 Å². The van der Waals surface area contributed by atoms with Crippen LogP contribution in [0.15, 0.2) is 18.2 Å². The number of carboxylic acid groups (broad SMARTS) is 1. The van der Waals surface area contributed by atoms with Gasteiger partial charge in [0.15, 0.2) is 0 Å². The molecule has 8 heteroatoms. The summed E-state index contributed by atoms with van der Waals surface area (Å²) in [5.74, 6) is -2.04. The summed E-state index contributed by atoms with van der Waals surface area (Å²) < 4.78 is 0. The Morgan fingerprint density at radius 1 is 1.32 bits per heavy atom. The summed E-state index contributed by atoms with van der Waals surface area (Å²) in [6.07, 6.45) is 1.20. The first kappa shape index (κ1) is 17.6. The third-order valence-corrected chi connectivity index (χ3v) is 3.06. The zero-order valence-electron chi connectivity index (χ0n) is 12.3. The quantitative estimate of drug-likeness (QED) is 0.517. The third kappa shape index (κ3) is 4.81. The van der Waals surface area contributed by atoms with Crippen LogP contribution in [-0.4, -0.2) is 39.2 Å². The Balaban J connectivity index is 2.97. The van der Waals surface area contributed by atoms with Crippen LogP contribution in [0.4, 0.5) is 5.69 Å². The Hall–Kier alpha value is -2.48. The maximum absolute atomic E-state index is 12.0. The molecule has 0 bridgehead atoms. The van der Waals surface area contributed by atoms with Crippen LogP contribution in [0.3, 0.4) is 0 Å². The summed E-state index contributed by atoms with van der Waals surface area (Å²) in [4.78, 5) is 33.0. The molecule has 0 aliphatic carbocycles. The van der Waals surface area contributed by atoms with Crippen molar-refractivity contribution in [1.82, 2.24) is 5.32 Å². The number of nitro benzene ring substituents is 1. The number of benzene rings is 1. The summed E-state index contributed by atoms with van der Waals surface area (Å²) >= 11 is 0. The summed E-state index contributed by atoms with van der Waals surface area (Å²) in [6.45, 7) is 3.41. The predicted molar refractivity (Wildman–Crippen MR) is 77.9 cm³/mol. The Morgan fingerprint density at radius 2 is 1.91 bits per heavy atom. The van der Waals surface area contributed by atoms with Crippen LogP contribution in [0.25, 0.3) is 0 Å². The van der Waals surface area contributed by atoms with E-state index in [9.17, 15) is 24.8 Å². The number of nitrogens with zero attached hydrogens (tertiary/aromatic N) is 1. The predicted octanol–water partition coefficient (Wildman–Crippen LogP) is 1.57. The minimum atomic E-state index is -1.37. The number of rotatable bonds is 7. The maximum atomic E-state index is 12.0. The van der Waals surface area contributed by atoms with E-state index in [4.69, 9.17) is 5.11 Å². The average Bonchev–Trinajstić information content (AvgIpc) is 2.44. The Labute approximate surface area is 126 Å². The molecule has 0 heterocycles. The van der Waals surface area contributed by atoms with Gasteiger partial charge in [-0.15, -0.1) is 0 Å². The Morgan fingerprint density at radius 3 is 2.41 bits per heavy atom. The number of hydrogen-bond donors (Lipinski definition) is 3. The van der Waals surface area contributed by atoms with Crippen molar-refractivity contribution in [3.05, 3.63) is 39.4 Å². The van der Waals surface area contributed by atoms with Gasteiger partial charge in [0.05, 0.1) is 16.1 Å². The first-order valence-corrected chi connectivity index (χ1v) is 6.69. The highest BCUT2D eigenvalue weighted by molar-refractivity contribution is 5.98. The van der Waals surface area contributed by atoms with Gasteiger partial charge in [-0.1, -0.05) is 13.3 Å². The number of carbonyl (C=O) groups is 2. The first-order valence-electron chi connectivity index (χ1n) is 6.69. The van der Waals surface area contributed by atoms with Crippen molar-refractivity contribution < 1.29 is 24.7 Å². The number of carboxylic acids is 1. The van der Waals surface area contributed by atoms with Gasteiger partial charge in [0.2, 0.25) is 0 Å². The molecule has 0 aliphatic rings. The second-order valence-corrected chi connectivity index (χ2v) is 5.26. The van der Waals surface area contributed by atoms with Gasteiger partial charge in [-0.3, -0.25) is 14.9 Å². The molecule has 1 aromatic rings. The van der Waals surface area contributed by atoms with Gasteiger partial charge < -0.3 is 15.5 Å². The number of aliphatic hydroxyl groups is 1. The van der Waals surface area contributed by atoms with E-state index >= 15 is 0 Å². The number of hydrogen-bond acceptors (Lipinski definition) is 5. The van der Waals surface area contributed by atoms with Gasteiger partial charge in [-0.05, 0) is 19.4 Å². The molecule has 1 unspecified atom stereocenters. The first-order chi connectivity index (χ1) is 10.2. The molecule has 22 heavy (non-hydrogen) atoms. The van der Waals surface area contributed by atoms with Crippen molar-refractivity contribution in [3.63, 3.8) is 0 Å². The second kappa shape index (κ2) is 6.99. The lowest BCUT2D eigenvalue weighted by Crippen LogP contribution is -2.40. The second-order valence-electron chi connectivity index (χ2n) is 5.26. The molecule has 0 saturated carbocycles. The molecule has 3 N–H and O–H groups in total. The molecule has 0 fully saturated rings. The zero-order valence-corrected chi connectivity index (χ0v) is 12.3. The number of non-ortho nitro benzene ring substituents is 1. The molecule has 8 nitrogen and oxygen atoms in total. The molecule has 0 aliphatic heterocycles. The molecule has 0 spiro atoms. The van der Waals surface area contributed by atoms with Crippen LogP contribution in [0.5, 0.6) is 0 Å². The normalized spacial score (nSPS) is 13.2. The summed E-state index contributed by atoms with van der Waals surface area (Å²) in [5.41, 5.74) is -2.07. The highest BCUT2D eigenvalue weighted by Gasteiger charge is 2.22. The van der Waals surface area contributed by atoms with E-state index in [1.165, 1.54) is 0 Å². The van der Waals surface area contributed by atoms with Gasteiger partial charge >= 0.3 is 5.97 Å². The van der Waals surface area contributed by atoms with Crippen molar-refractivity contribution in [2.75, 3.05) is 6.54 Å². The summed E-state index contributed by atoms with van der Waals surface area (Å²) in [6, 6.07) is 2.93. The Bertz CT molecular complexity index is 565. The lowest BCUT2D eigenvalue weighted by atomic mass is 10.0. The lowest BCUT2D eigenvalue weighted by molar-refractivity contribution is -0.384. The fourth-order valence-corrected chi connectivity index (χ4v) is 1.97. The van der Waals surface area contributed by atoms with E-state index in [1.54, 1.807) is 6.92 Å².